The molecule has 1 saturated heterocycles. The Kier molecular flexibility index (Phi) is 4.76. The average Bonchev–Trinajstić information content (AvgIpc) is 2.55. The fourth-order valence-corrected chi connectivity index (χ4v) is 2.88. The third-order valence-electron chi connectivity index (χ3n) is 4.17. The number of aromatic nitrogens is 2. The van der Waals surface area contributed by atoms with Crippen LogP contribution in [0.2, 0.25) is 0 Å². The molecular weight excluding hydrogens is 302 g/mol. The van der Waals surface area contributed by atoms with Crippen molar-refractivity contribution >= 4 is 17.4 Å². The van der Waals surface area contributed by atoms with Crippen LogP contribution in [-0.2, 0) is 0 Å². The van der Waals surface area contributed by atoms with Gasteiger partial charge in [-0.05, 0) is 56.3 Å². The number of aryl methyl sites for hydroxylation is 2. The molecule has 0 radical (unpaired) electrons. The van der Waals surface area contributed by atoms with Crippen molar-refractivity contribution in [2.24, 2.45) is 0 Å². The topological polar surface area (TPSA) is 61.4 Å². The molecule has 1 aromatic carbocycles. The summed E-state index contributed by atoms with van der Waals surface area (Å²) in [6.45, 7) is 7.37. The molecule has 1 amide bonds. The minimum atomic E-state index is -0.0476. The zero-order chi connectivity index (χ0) is 17.1. The van der Waals surface area contributed by atoms with Gasteiger partial charge < -0.3 is 15.1 Å². The zero-order valence-electron chi connectivity index (χ0n) is 14.4. The van der Waals surface area contributed by atoms with Crippen molar-refractivity contribution in [3.05, 3.63) is 47.2 Å². The van der Waals surface area contributed by atoms with Crippen molar-refractivity contribution in [1.82, 2.24) is 20.0 Å². The summed E-state index contributed by atoms with van der Waals surface area (Å²) in [5.74, 6) is 0.587. The van der Waals surface area contributed by atoms with Gasteiger partial charge in [0.25, 0.3) is 5.91 Å². The largest absolute Gasteiger partial charge is 0.339 e. The van der Waals surface area contributed by atoms with Crippen molar-refractivity contribution < 1.29 is 4.79 Å². The maximum Gasteiger partial charge on any atom is 0.274 e. The van der Waals surface area contributed by atoms with Crippen LogP contribution in [0, 0.1) is 13.8 Å². The van der Waals surface area contributed by atoms with E-state index >= 15 is 0 Å². The number of hydrogen-bond donors (Lipinski definition) is 1. The smallest absolute Gasteiger partial charge is 0.274 e. The number of nitrogens with one attached hydrogen (secondary N) is 1. The van der Waals surface area contributed by atoms with E-state index in [4.69, 9.17) is 0 Å². The van der Waals surface area contributed by atoms with Gasteiger partial charge in [0.15, 0.2) is 11.5 Å². The Labute approximate surface area is 142 Å². The molecular formula is C18H23N5O. The van der Waals surface area contributed by atoms with Crippen LogP contribution < -0.4 is 5.32 Å². The summed E-state index contributed by atoms with van der Waals surface area (Å²) in [7, 11) is 2.06. The highest BCUT2D eigenvalue weighted by Gasteiger charge is 2.21. The maximum absolute atomic E-state index is 12.4. The van der Waals surface area contributed by atoms with E-state index < -0.39 is 0 Å². The molecule has 2 heterocycles. The van der Waals surface area contributed by atoms with Crippen LogP contribution >= 0.6 is 0 Å². The number of rotatable bonds is 3. The third-order valence-corrected chi connectivity index (χ3v) is 4.17. The summed E-state index contributed by atoms with van der Waals surface area (Å²) < 4.78 is 0. The first-order valence-corrected chi connectivity index (χ1v) is 8.18. The number of piperazine rings is 1. The molecule has 1 aromatic heterocycles. The van der Waals surface area contributed by atoms with E-state index in [0.717, 1.165) is 31.9 Å². The zero-order valence-corrected chi connectivity index (χ0v) is 14.4. The molecule has 0 saturated carbocycles. The van der Waals surface area contributed by atoms with Crippen LogP contribution in [0.4, 0.5) is 11.5 Å². The van der Waals surface area contributed by atoms with Crippen molar-refractivity contribution in [2.45, 2.75) is 13.8 Å². The molecule has 0 aliphatic carbocycles. The SMILES string of the molecule is Cc1cc(C)cc(Nc2ccc(C(=O)N3CCN(C)CC3)nn2)c1. The molecule has 126 valence electrons. The average molecular weight is 325 g/mol. The summed E-state index contributed by atoms with van der Waals surface area (Å²) in [6.07, 6.45) is 0. The fourth-order valence-electron chi connectivity index (χ4n) is 2.88. The third kappa shape index (κ3) is 3.89. The van der Waals surface area contributed by atoms with E-state index in [1.807, 2.05) is 4.90 Å². The standard InChI is InChI=1S/C18H23N5O/c1-13-10-14(2)12-15(11-13)19-17-5-4-16(20-21-17)18(24)23-8-6-22(3)7-9-23/h4-5,10-12H,6-9H2,1-3H3,(H,19,21). The van der Waals surface area contributed by atoms with E-state index in [2.05, 4.69) is 59.5 Å². The van der Waals surface area contributed by atoms with Crippen molar-refractivity contribution in [2.75, 3.05) is 38.5 Å². The molecule has 6 heteroatoms. The highest BCUT2D eigenvalue weighted by atomic mass is 16.2. The molecule has 0 spiro atoms. The van der Waals surface area contributed by atoms with Crippen molar-refractivity contribution in [3.8, 4) is 0 Å². The Morgan fingerprint density at radius 3 is 2.25 bits per heavy atom. The van der Waals surface area contributed by atoms with Gasteiger partial charge in [-0.15, -0.1) is 10.2 Å². The normalized spacial score (nSPS) is 15.4. The van der Waals surface area contributed by atoms with Gasteiger partial charge in [0.05, 0.1) is 0 Å². The van der Waals surface area contributed by atoms with Gasteiger partial charge in [-0.2, -0.15) is 0 Å². The molecule has 0 unspecified atom stereocenters. The quantitative estimate of drug-likeness (QED) is 0.937. The number of carbonyl (C=O) groups is 1. The first-order valence-electron chi connectivity index (χ1n) is 8.18. The highest BCUT2D eigenvalue weighted by Crippen LogP contribution is 2.18. The van der Waals surface area contributed by atoms with Crippen LogP contribution in [0.1, 0.15) is 21.6 Å². The van der Waals surface area contributed by atoms with Gasteiger partial charge in [-0.1, -0.05) is 6.07 Å². The van der Waals surface area contributed by atoms with E-state index in [1.54, 1.807) is 12.1 Å². The number of likely N-dealkylation sites (N-methyl/N-ethyl adjacent to an activating group) is 1. The van der Waals surface area contributed by atoms with Crippen molar-refractivity contribution in [3.63, 3.8) is 0 Å². The highest BCUT2D eigenvalue weighted by molar-refractivity contribution is 5.92. The van der Waals surface area contributed by atoms with Crippen LogP contribution in [0.25, 0.3) is 0 Å². The Balaban J connectivity index is 1.67. The van der Waals surface area contributed by atoms with Crippen LogP contribution in [-0.4, -0.2) is 59.1 Å². The van der Waals surface area contributed by atoms with Crippen LogP contribution in [0.5, 0.6) is 0 Å². The minimum Gasteiger partial charge on any atom is -0.339 e. The maximum atomic E-state index is 12.4. The lowest BCUT2D eigenvalue weighted by atomic mass is 10.1. The first-order chi connectivity index (χ1) is 11.5. The minimum absolute atomic E-state index is 0.0476. The Bertz CT molecular complexity index is 700. The van der Waals surface area contributed by atoms with Gasteiger partial charge in [0.2, 0.25) is 0 Å². The molecule has 2 aromatic rings. The fraction of sp³-hybridized carbons (Fsp3) is 0.389. The van der Waals surface area contributed by atoms with E-state index in [9.17, 15) is 4.79 Å². The summed E-state index contributed by atoms with van der Waals surface area (Å²) in [5.41, 5.74) is 3.74. The number of amides is 1. The van der Waals surface area contributed by atoms with E-state index in [1.165, 1.54) is 11.1 Å². The molecule has 24 heavy (non-hydrogen) atoms. The predicted octanol–water partition coefficient (Wildman–Crippen LogP) is 2.22. The second-order valence-corrected chi connectivity index (χ2v) is 6.40. The number of carbonyl (C=O) groups excluding carboxylic acids is 1. The number of benzene rings is 1. The predicted molar refractivity (Wildman–Crippen MR) is 94.6 cm³/mol. The lowest BCUT2D eigenvalue weighted by molar-refractivity contribution is 0.0657. The van der Waals surface area contributed by atoms with Gasteiger partial charge >= 0.3 is 0 Å². The molecule has 1 aliphatic rings. The number of nitrogens with zero attached hydrogens (tertiary/aromatic N) is 4. The van der Waals surface area contributed by atoms with Gasteiger partial charge in [0.1, 0.15) is 0 Å². The summed E-state index contributed by atoms with van der Waals surface area (Å²) in [4.78, 5) is 16.5. The number of anilines is 2. The van der Waals surface area contributed by atoms with E-state index in [0.29, 0.717) is 11.5 Å². The Morgan fingerprint density at radius 1 is 1.00 bits per heavy atom. The second kappa shape index (κ2) is 6.97. The first kappa shape index (κ1) is 16.4. The number of hydrogen-bond acceptors (Lipinski definition) is 5. The summed E-state index contributed by atoms with van der Waals surface area (Å²) in [5, 5.41) is 11.5. The van der Waals surface area contributed by atoms with Crippen molar-refractivity contribution in [1.29, 1.82) is 0 Å². The summed E-state index contributed by atoms with van der Waals surface area (Å²) in [6, 6.07) is 9.76. The van der Waals surface area contributed by atoms with Gasteiger partial charge in [-0.25, -0.2) is 0 Å². The molecule has 1 fully saturated rings. The van der Waals surface area contributed by atoms with Crippen LogP contribution in [0.15, 0.2) is 30.3 Å². The molecule has 3 rings (SSSR count). The van der Waals surface area contributed by atoms with Gasteiger partial charge in [-0.3, -0.25) is 4.79 Å². The Hall–Kier alpha value is -2.47. The lowest BCUT2D eigenvalue weighted by Gasteiger charge is -2.32. The second-order valence-electron chi connectivity index (χ2n) is 6.40. The summed E-state index contributed by atoms with van der Waals surface area (Å²) >= 11 is 0. The van der Waals surface area contributed by atoms with Crippen LogP contribution in [0.3, 0.4) is 0 Å². The molecule has 0 atom stereocenters. The molecule has 1 N–H and O–H groups in total. The molecule has 1 aliphatic heterocycles. The Morgan fingerprint density at radius 2 is 1.67 bits per heavy atom. The molecule has 0 bridgehead atoms. The van der Waals surface area contributed by atoms with Gasteiger partial charge in [0, 0.05) is 31.9 Å². The monoisotopic (exact) mass is 325 g/mol. The van der Waals surface area contributed by atoms with E-state index in [-0.39, 0.29) is 5.91 Å². The molecule has 6 nitrogen and oxygen atoms in total. The lowest BCUT2D eigenvalue weighted by Crippen LogP contribution is -2.47.